The van der Waals surface area contributed by atoms with Crippen LogP contribution < -0.4 is 5.32 Å². The van der Waals surface area contributed by atoms with Crippen LogP contribution in [0.3, 0.4) is 0 Å². The first-order valence-electron chi connectivity index (χ1n) is 7.68. The van der Waals surface area contributed by atoms with Crippen LogP contribution in [0.4, 0.5) is 9.59 Å². The molecule has 1 aliphatic heterocycles. The minimum atomic E-state index is -3.78. The van der Waals surface area contributed by atoms with Gasteiger partial charge in [0.05, 0.1) is 18.8 Å². The second-order valence-electron chi connectivity index (χ2n) is 5.45. The Morgan fingerprint density at radius 2 is 1.88 bits per heavy atom. The molecular formula is C15H19N3O6S. The van der Waals surface area contributed by atoms with Crippen molar-refractivity contribution in [1.82, 2.24) is 14.5 Å². The molecule has 0 bridgehead atoms. The summed E-state index contributed by atoms with van der Waals surface area (Å²) < 4.78 is 24.7. The number of carboxylic acids is 1. The molecule has 0 spiro atoms. The molecule has 1 fully saturated rings. The summed E-state index contributed by atoms with van der Waals surface area (Å²) in [7, 11) is -3.78. The average molecular weight is 369 g/mol. The van der Waals surface area contributed by atoms with Gasteiger partial charge in [-0.25, -0.2) is 32.0 Å². The van der Waals surface area contributed by atoms with Crippen molar-refractivity contribution in [1.29, 1.82) is 0 Å². The van der Waals surface area contributed by atoms with Crippen molar-refractivity contribution in [2.24, 2.45) is 0 Å². The molecule has 0 aliphatic carbocycles. The maximum atomic E-state index is 12.3. The first-order valence-corrected chi connectivity index (χ1v) is 9.29. The molecule has 1 aliphatic rings. The number of carbonyl (C=O) groups excluding carboxylic acids is 2. The van der Waals surface area contributed by atoms with Gasteiger partial charge in [0, 0.05) is 0 Å². The minimum absolute atomic E-state index is 0.130. The fourth-order valence-corrected chi connectivity index (χ4v) is 3.90. The fourth-order valence-electron chi connectivity index (χ4n) is 2.47. The van der Waals surface area contributed by atoms with Crippen LogP contribution >= 0.6 is 0 Å². The first-order chi connectivity index (χ1) is 11.8. The van der Waals surface area contributed by atoms with Crippen LogP contribution in [-0.2, 0) is 14.8 Å². The first kappa shape index (κ1) is 18.7. The molecule has 0 saturated carbocycles. The number of benzene rings is 1. The number of urea groups is 2. The summed E-state index contributed by atoms with van der Waals surface area (Å²) in [5.74, 6) is -1.49. The van der Waals surface area contributed by atoms with Crippen molar-refractivity contribution < 1.29 is 27.9 Å². The molecule has 2 N–H and O–H groups in total. The van der Waals surface area contributed by atoms with E-state index in [1.807, 2.05) is 0 Å². The topological polar surface area (TPSA) is 124 Å². The fraction of sp³-hybridized carbons (Fsp3) is 0.400. The smallest absolute Gasteiger partial charge is 0.341 e. The molecule has 1 saturated heterocycles. The molecule has 4 amide bonds. The van der Waals surface area contributed by atoms with E-state index in [9.17, 15) is 27.9 Å². The number of carboxylic acid groups (broad SMARTS) is 1. The number of rotatable bonds is 6. The maximum absolute atomic E-state index is 12.3. The molecule has 136 valence electrons. The van der Waals surface area contributed by atoms with Gasteiger partial charge in [-0.15, -0.1) is 0 Å². The summed E-state index contributed by atoms with van der Waals surface area (Å²) in [4.78, 5) is 36.6. The normalized spacial score (nSPS) is 16.0. The summed E-state index contributed by atoms with van der Waals surface area (Å²) in [5, 5.41) is 11.6. The van der Waals surface area contributed by atoms with Gasteiger partial charge in [-0.05, 0) is 12.0 Å². The molecule has 2 rings (SSSR count). The van der Waals surface area contributed by atoms with Crippen molar-refractivity contribution in [3.63, 3.8) is 0 Å². The van der Waals surface area contributed by atoms with Crippen LogP contribution in [0, 0.1) is 0 Å². The number of imide groups is 1. The molecule has 1 unspecified atom stereocenters. The van der Waals surface area contributed by atoms with Gasteiger partial charge in [0.25, 0.3) is 0 Å². The lowest BCUT2D eigenvalue weighted by Gasteiger charge is -2.20. The van der Waals surface area contributed by atoms with E-state index in [1.54, 1.807) is 25.1 Å². The summed E-state index contributed by atoms with van der Waals surface area (Å²) in [6, 6.07) is 4.74. The second-order valence-corrected chi connectivity index (χ2v) is 7.47. The number of sulfonamides is 1. The van der Waals surface area contributed by atoms with Crippen molar-refractivity contribution in [2.45, 2.75) is 19.4 Å². The molecule has 1 heterocycles. The predicted molar refractivity (Wildman–Crippen MR) is 88.2 cm³/mol. The van der Waals surface area contributed by atoms with Crippen LogP contribution in [-0.4, -0.2) is 59.6 Å². The van der Waals surface area contributed by atoms with Crippen LogP contribution in [0.25, 0.3) is 0 Å². The Hall–Kier alpha value is -2.62. The molecule has 1 atom stereocenters. The minimum Gasteiger partial charge on any atom is -0.479 e. The highest BCUT2D eigenvalue weighted by Crippen LogP contribution is 2.17. The van der Waals surface area contributed by atoms with Crippen molar-refractivity contribution in [3.05, 3.63) is 35.9 Å². The highest BCUT2D eigenvalue weighted by molar-refractivity contribution is 7.89. The summed E-state index contributed by atoms with van der Waals surface area (Å²) in [6.07, 6.45) is 0.341. The standard InChI is InChI=1S/C15H19N3O6S/c1-2-10-25(23,24)18-9-8-17(15(18)22)14(21)16-12(13(19)20)11-6-4-3-5-7-11/h3-7,12H,2,8-10H2,1H3,(H,16,21)(H,19,20). The van der Waals surface area contributed by atoms with E-state index in [-0.39, 0.29) is 18.8 Å². The Morgan fingerprint density at radius 1 is 1.24 bits per heavy atom. The largest absolute Gasteiger partial charge is 0.479 e. The van der Waals surface area contributed by atoms with Crippen LogP contribution in [0.15, 0.2) is 30.3 Å². The molecule has 1 aromatic rings. The monoisotopic (exact) mass is 369 g/mol. The van der Waals surface area contributed by atoms with Gasteiger partial charge in [-0.2, -0.15) is 0 Å². The third-order valence-electron chi connectivity index (χ3n) is 3.66. The molecule has 0 aromatic heterocycles. The number of carbonyl (C=O) groups is 3. The number of aliphatic carboxylic acids is 1. The van der Waals surface area contributed by atoms with E-state index in [1.165, 1.54) is 12.1 Å². The number of nitrogens with one attached hydrogen (secondary N) is 1. The Kier molecular flexibility index (Phi) is 5.62. The van der Waals surface area contributed by atoms with Crippen molar-refractivity contribution in [2.75, 3.05) is 18.8 Å². The molecule has 9 nitrogen and oxygen atoms in total. The Bertz CT molecular complexity index is 765. The Morgan fingerprint density at radius 3 is 2.44 bits per heavy atom. The van der Waals surface area contributed by atoms with Crippen LogP contribution in [0.2, 0.25) is 0 Å². The van der Waals surface area contributed by atoms with Gasteiger partial charge in [-0.1, -0.05) is 37.3 Å². The highest BCUT2D eigenvalue weighted by atomic mass is 32.2. The number of hydrogen-bond donors (Lipinski definition) is 2. The van der Waals surface area contributed by atoms with Gasteiger partial charge in [0.15, 0.2) is 6.04 Å². The lowest BCUT2D eigenvalue weighted by molar-refractivity contribution is -0.139. The average Bonchev–Trinajstić information content (AvgIpc) is 2.95. The number of nitrogens with zero attached hydrogens (tertiary/aromatic N) is 2. The van der Waals surface area contributed by atoms with E-state index < -0.39 is 34.1 Å². The quantitative estimate of drug-likeness (QED) is 0.771. The van der Waals surface area contributed by atoms with Gasteiger partial charge < -0.3 is 10.4 Å². The van der Waals surface area contributed by atoms with Crippen molar-refractivity contribution in [3.8, 4) is 0 Å². The van der Waals surface area contributed by atoms with Crippen LogP contribution in [0.5, 0.6) is 0 Å². The lowest BCUT2D eigenvalue weighted by atomic mass is 10.1. The zero-order chi connectivity index (χ0) is 18.6. The predicted octanol–water partition coefficient (Wildman–Crippen LogP) is 0.999. The van der Waals surface area contributed by atoms with E-state index in [2.05, 4.69) is 5.32 Å². The zero-order valence-corrected chi connectivity index (χ0v) is 14.4. The summed E-state index contributed by atoms with van der Waals surface area (Å²) in [6.45, 7) is 1.40. The lowest BCUT2D eigenvalue weighted by Crippen LogP contribution is -2.46. The highest BCUT2D eigenvalue weighted by Gasteiger charge is 2.40. The van der Waals surface area contributed by atoms with E-state index >= 15 is 0 Å². The van der Waals surface area contributed by atoms with E-state index in [4.69, 9.17) is 0 Å². The third kappa shape index (κ3) is 4.08. The van der Waals surface area contributed by atoms with E-state index in [0.717, 1.165) is 0 Å². The molecular weight excluding hydrogens is 350 g/mol. The Labute approximate surface area is 145 Å². The molecule has 0 radical (unpaired) electrons. The van der Waals surface area contributed by atoms with Gasteiger partial charge in [0.1, 0.15) is 0 Å². The Balaban J connectivity index is 2.13. The molecule has 1 aromatic carbocycles. The second kappa shape index (κ2) is 7.51. The number of hydrogen-bond acceptors (Lipinski definition) is 5. The SMILES string of the molecule is CCCS(=O)(=O)N1CCN(C(=O)NC(C(=O)O)c2ccccc2)C1=O. The molecule has 25 heavy (non-hydrogen) atoms. The summed E-state index contributed by atoms with van der Waals surface area (Å²) in [5.41, 5.74) is 0.338. The van der Waals surface area contributed by atoms with Gasteiger partial charge in [-0.3, -0.25) is 0 Å². The van der Waals surface area contributed by atoms with Gasteiger partial charge >= 0.3 is 18.0 Å². The van der Waals surface area contributed by atoms with E-state index in [0.29, 0.717) is 21.2 Å². The third-order valence-corrected chi connectivity index (χ3v) is 5.60. The van der Waals surface area contributed by atoms with Crippen LogP contribution in [0.1, 0.15) is 24.9 Å². The van der Waals surface area contributed by atoms with Crippen molar-refractivity contribution >= 4 is 28.1 Å². The molecule has 10 heteroatoms. The maximum Gasteiger partial charge on any atom is 0.341 e. The zero-order valence-electron chi connectivity index (χ0n) is 13.6. The number of amides is 4. The summed E-state index contributed by atoms with van der Waals surface area (Å²) >= 11 is 0. The van der Waals surface area contributed by atoms with Gasteiger partial charge in [0.2, 0.25) is 10.0 Å².